The number of sulfonamides is 1. The first-order chi connectivity index (χ1) is 13.0. The van der Waals surface area contributed by atoms with Gasteiger partial charge in [0.2, 0.25) is 10.0 Å². The minimum Gasteiger partial charge on any atom is -0.465 e. The van der Waals surface area contributed by atoms with Gasteiger partial charge in [0, 0.05) is 38.6 Å². The second-order valence-corrected chi connectivity index (χ2v) is 8.28. The van der Waals surface area contributed by atoms with E-state index in [1.54, 1.807) is 24.5 Å². The van der Waals surface area contributed by atoms with Gasteiger partial charge in [-0.3, -0.25) is 9.88 Å². The third-order valence-corrected chi connectivity index (χ3v) is 6.57. The van der Waals surface area contributed by atoms with Crippen molar-refractivity contribution in [3.05, 3.63) is 59.9 Å². The SMILES string of the molecule is COC(=O)c1ccccc1S(=O)(=O)N1CCCN(Cc2ccncc2)CC1. The number of methoxy groups -OCH3 is 1. The molecule has 1 aromatic carbocycles. The van der Waals surface area contributed by atoms with E-state index >= 15 is 0 Å². The van der Waals surface area contributed by atoms with Crippen molar-refractivity contribution in [2.75, 3.05) is 33.3 Å². The third kappa shape index (κ3) is 4.52. The molecule has 0 N–H and O–H groups in total. The van der Waals surface area contributed by atoms with Crippen LogP contribution in [-0.2, 0) is 21.3 Å². The average Bonchev–Trinajstić information content (AvgIpc) is 2.94. The summed E-state index contributed by atoms with van der Waals surface area (Å²) in [5.41, 5.74) is 1.22. The van der Waals surface area contributed by atoms with Gasteiger partial charge in [-0.2, -0.15) is 4.31 Å². The van der Waals surface area contributed by atoms with Crippen LogP contribution in [0.1, 0.15) is 22.3 Å². The maximum atomic E-state index is 13.1. The van der Waals surface area contributed by atoms with Crippen LogP contribution in [0.15, 0.2) is 53.7 Å². The summed E-state index contributed by atoms with van der Waals surface area (Å²) in [5.74, 6) is -0.650. The molecule has 0 atom stereocenters. The predicted octanol–water partition coefficient (Wildman–Crippen LogP) is 1.76. The lowest BCUT2D eigenvalue weighted by atomic mass is 10.2. The normalized spacial score (nSPS) is 16.6. The largest absolute Gasteiger partial charge is 0.465 e. The Labute approximate surface area is 159 Å². The number of ether oxygens (including phenoxy) is 1. The van der Waals surface area contributed by atoms with Crippen LogP contribution in [0.2, 0.25) is 0 Å². The predicted molar refractivity (Wildman–Crippen MR) is 101 cm³/mol. The molecule has 0 aliphatic carbocycles. The molecule has 0 radical (unpaired) electrons. The van der Waals surface area contributed by atoms with Gasteiger partial charge in [-0.25, -0.2) is 13.2 Å². The summed E-state index contributed by atoms with van der Waals surface area (Å²) in [4.78, 5) is 18.2. The number of rotatable bonds is 5. The minimum atomic E-state index is -3.77. The first-order valence-corrected chi connectivity index (χ1v) is 10.2. The van der Waals surface area contributed by atoms with Gasteiger partial charge in [-0.05, 0) is 42.8 Å². The Hall–Kier alpha value is -2.29. The second-order valence-electron chi connectivity index (χ2n) is 6.38. The Balaban J connectivity index is 1.76. The molecular formula is C19H23N3O4S. The highest BCUT2D eigenvalue weighted by Gasteiger charge is 2.30. The van der Waals surface area contributed by atoms with E-state index in [9.17, 15) is 13.2 Å². The molecule has 0 bridgehead atoms. The van der Waals surface area contributed by atoms with E-state index in [1.165, 1.54) is 23.5 Å². The number of hydrogen-bond acceptors (Lipinski definition) is 6. The number of carbonyl (C=O) groups is 1. The number of benzene rings is 1. The van der Waals surface area contributed by atoms with Crippen molar-refractivity contribution in [2.24, 2.45) is 0 Å². The van der Waals surface area contributed by atoms with Crippen LogP contribution in [0.25, 0.3) is 0 Å². The van der Waals surface area contributed by atoms with Gasteiger partial charge >= 0.3 is 5.97 Å². The van der Waals surface area contributed by atoms with E-state index in [4.69, 9.17) is 4.74 Å². The van der Waals surface area contributed by atoms with Crippen molar-refractivity contribution in [1.29, 1.82) is 0 Å². The zero-order chi connectivity index (χ0) is 19.3. The van der Waals surface area contributed by atoms with Gasteiger partial charge in [0.1, 0.15) is 0 Å². The highest BCUT2D eigenvalue weighted by Crippen LogP contribution is 2.22. The minimum absolute atomic E-state index is 0.000524. The van der Waals surface area contributed by atoms with Crippen molar-refractivity contribution in [1.82, 2.24) is 14.2 Å². The molecule has 3 rings (SSSR count). The molecule has 1 aliphatic heterocycles. The number of pyridine rings is 1. The first-order valence-electron chi connectivity index (χ1n) is 8.81. The van der Waals surface area contributed by atoms with Gasteiger partial charge in [0.25, 0.3) is 0 Å². The topological polar surface area (TPSA) is 79.8 Å². The van der Waals surface area contributed by atoms with Crippen LogP contribution in [0.5, 0.6) is 0 Å². The van der Waals surface area contributed by atoms with Gasteiger partial charge in [-0.15, -0.1) is 0 Å². The number of nitrogens with zero attached hydrogens (tertiary/aromatic N) is 3. The van der Waals surface area contributed by atoms with E-state index in [1.807, 2.05) is 12.1 Å². The molecule has 2 heterocycles. The molecule has 0 saturated carbocycles. The lowest BCUT2D eigenvalue weighted by Gasteiger charge is -2.22. The number of aromatic nitrogens is 1. The zero-order valence-electron chi connectivity index (χ0n) is 15.2. The Kier molecular flexibility index (Phi) is 6.20. The first kappa shape index (κ1) is 19.5. The van der Waals surface area contributed by atoms with Crippen molar-refractivity contribution in [2.45, 2.75) is 17.9 Å². The molecule has 1 aliphatic rings. The summed E-state index contributed by atoms with van der Waals surface area (Å²) < 4.78 is 32.5. The third-order valence-electron chi connectivity index (χ3n) is 4.61. The van der Waals surface area contributed by atoms with Gasteiger partial charge in [0.15, 0.2) is 0 Å². The standard InChI is InChI=1S/C19H23N3O4S/c1-26-19(23)17-5-2-3-6-18(17)27(24,25)22-12-4-11-21(13-14-22)15-16-7-9-20-10-8-16/h2-3,5-10H,4,11-15H2,1H3. The smallest absolute Gasteiger partial charge is 0.339 e. The summed E-state index contributed by atoms with van der Waals surface area (Å²) in [6.45, 7) is 3.00. The van der Waals surface area contributed by atoms with Gasteiger partial charge in [-0.1, -0.05) is 12.1 Å². The molecule has 7 nitrogen and oxygen atoms in total. The van der Waals surface area contributed by atoms with Crippen molar-refractivity contribution >= 4 is 16.0 Å². The molecular weight excluding hydrogens is 366 g/mol. The van der Waals surface area contributed by atoms with E-state index in [2.05, 4.69) is 9.88 Å². The fourth-order valence-corrected chi connectivity index (χ4v) is 4.85. The van der Waals surface area contributed by atoms with Crippen LogP contribution in [0, 0.1) is 0 Å². The van der Waals surface area contributed by atoms with Crippen LogP contribution in [0.3, 0.4) is 0 Å². The highest BCUT2D eigenvalue weighted by molar-refractivity contribution is 7.89. The molecule has 27 heavy (non-hydrogen) atoms. The quantitative estimate of drug-likeness (QED) is 0.725. The molecule has 2 aromatic rings. The van der Waals surface area contributed by atoms with Gasteiger partial charge < -0.3 is 4.74 Å². The molecule has 144 valence electrons. The van der Waals surface area contributed by atoms with E-state index in [-0.39, 0.29) is 10.5 Å². The summed E-state index contributed by atoms with van der Waals surface area (Å²) in [6.07, 6.45) is 4.24. The second kappa shape index (κ2) is 8.60. The van der Waals surface area contributed by atoms with Crippen molar-refractivity contribution < 1.29 is 17.9 Å². The number of carbonyl (C=O) groups excluding carboxylic acids is 1. The summed E-state index contributed by atoms with van der Waals surface area (Å²) in [5, 5.41) is 0. The van der Waals surface area contributed by atoms with Crippen molar-refractivity contribution in [3.63, 3.8) is 0 Å². The lowest BCUT2D eigenvalue weighted by molar-refractivity contribution is 0.0596. The molecule has 0 spiro atoms. The maximum Gasteiger partial charge on any atom is 0.339 e. The molecule has 0 amide bonds. The maximum absolute atomic E-state index is 13.1. The molecule has 1 aromatic heterocycles. The molecule has 8 heteroatoms. The van der Waals surface area contributed by atoms with Crippen LogP contribution in [0.4, 0.5) is 0 Å². The van der Waals surface area contributed by atoms with Crippen LogP contribution >= 0.6 is 0 Å². The molecule has 0 unspecified atom stereocenters. The number of hydrogen-bond donors (Lipinski definition) is 0. The highest BCUT2D eigenvalue weighted by atomic mass is 32.2. The lowest BCUT2D eigenvalue weighted by Crippen LogP contribution is -2.35. The van der Waals surface area contributed by atoms with Crippen LogP contribution in [-0.4, -0.2) is 61.9 Å². The summed E-state index contributed by atoms with van der Waals surface area (Å²) in [6, 6.07) is 10.1. The van der Waals surface area contributed by atoms with Crippen LogP contribution < -0.4 is 0 Å². The Morgan fingerprint density at radius 3 is 2.56 bits per heavy atom. The van der Waals surface area contributed by atoms with E-state index in [0.717, 1.165) is 25.1 Å². The fourth-order valence-electron chi connectivity index (χ4n) is 3.20. The van der Waals surface area contributed by atoms with E-state index < -0.39 is 16.0 Å². The molecule has 1 saturated heterocycles. The van der Waals surface area contributed by atoms with E-state index in [0.29, 0.717) is 19.6 Å². The monoisotopic (exact) mass is 389 g/mol. The van der Waals surface area contributed by atoms with Crippen molar-refractivity contribution in [3.8, 4) is 0 Å². The van der Waals surface area contributed by atoms with Gasteiger partial charge in [0.05, 0.1) is 17.6 Å². The molecule has 1 fully saturated rings. The Bertz CT molecular complexity index is 887. The fraction of sp³-hybridized carbons (Fsp3) is 0.368. The Morgan fingerprint density at radius 2 is 1.81 bits per heavy atom. The summed E-state index contributed by atoms with van der Waals surface area (Å²) >= 11 is 0. The summed E-state index contributed by atoms with van der Waals surface area (Å²) in [7, 11) is -2.53. The number of esters is 1. The Morgan fingerprint density at radius 1 is 1.07 bits per heavy atom. The zero-order valence-corrected chi connectivity index (χ0v) is 16.1. The average molecular weight is 389 g/mol.